The summed E-state index contributed by atoms with van der Waals surface area (Å²) in [7, 11) is -3.48. The number of hydrogen-bond acceptors (Lipinski definition) is 4. The Labute approximate surface area is 175 Å². The second-order valence-corrected chi connectivity index (χ2v) is 9.56. The van der Waals surface area contributed by atoms with Crippen LogP contribution in [0.3, 0.4) is 0 Å². The van der Waals surface area contributed by atoms with E-state index in [1.165, 1.54) is 16.4 Å². The predicted molar refractivity (Wildman–Crippen MR) is 109 cm³/mol. The zero-order chi connectivity index (χ0) is 21.5. The van der Waals surface area contributed by atoms with Gasteiger partial charge in [0.2, 0.25) is 15.9 Å². The third-order valence-corrected chi connectivity index (χ3v) is 6.88. The third-order valence-electron chi connectivity index (χ3n) is 5.66. The number of aliphatic hydroxyl groups excluding tert-OH is 1. The van der Waals surface area contributed by atoms with Crippen molar-refractivity contribution < 1.29 is 22.7 Å². The number of piperazine rings is 1. The first kappa shape index (κ1) is 20.5. The number of hydrogen-bond donors (Lipinski definition) is 1. The van der Waals surface area contributed by atoms with Gasteiger partial charge in [-0.25, -0.2) is 12.8 Å². The van der Waals surface area contributed by atoms with Gasteiger partial charge in [0, 0.05) is 23.6 Å². The first-order valence-corrected chi connectivity index (χ1v) is 11.4. The summed E-state index contributed by atoms with van der Waals surface area (Å²) in [6.45, 7) is -0.160. The highest BCUT2D eigenvalue weighted by Crippen LogP contribution is 2.43. The van der Waals surface area contributed by atoms with E-state index in [4.69, 9.17) is 0 Å². The number of carbonyl (C=O) groups excluding carboxylic acids is 1. The Bertz CT molecular complexity index is 1140. The van der Waals surface area contributed by atoms with Gasteiger partial charge in [-0.1, -0.05) is 30.0 Å². The largest absolute Gasteiger partial charge is 0.394 e. The minimum atomic E-state index is -3.48. The normalized spacial score (nSPS) is 23.9. The fourth-order valence-electron chi connectivity index (χ4n) is 4.22. The topological polar surface area (TPSA) is 77.9 Å². The fraction of sp³-hybridized carbons (Fsp3) is 0.318. The molecule has 0 aromatic heterocycles. The van der Waals surface area contributed by atoms with Crippen molar-refractivity contribution in [2.75, 3.05) is 26.0 Å². The molecule has 2 fully saturated rings. The zero-order valence-corrected chi connectivity index (χ0v) is 17.1. The molecule has 156 valence electrons. The molecule has 0 bridgehead atoms. The number of carbonyl (C=O) groups is 1. The van der Waals surface area contributed by atoms with Crippen LogP contribution in [-0.4, -0.2) is 66.7 Å². The number of nitrogens with zero attached hydrogens (tertiary/aromatic N) is 2. The summed E-state index contributed by atoms with van der Waals surface area (Å²) in [6.07, 6.45) is 1.10. The number of aliphatic hydroxyl groups is 1. The van der Waals surface area contributed by atoms with Crippen molar-refractivity contribution in [1.82, 2.24) is 9.21 Å². The number of amides is 1. The summed E-state index contributed by atoms with van der Waals surface area (Å²) in [5, 5.41) is 9.81. The Morgan fingerprint density at radius 3 is 2.47 bits per heavy atom. The summed E-state index contributed by atoms with van der Waals surface area (Å²) in [5.74, 6) is 5.12. The average Bonchev–Trinajstić information content (AvgIpc) is 2.68. The smallest absolute Gasteiger partial charge is 0.238 e. The van der Waals surface area contributed by atoms with Crippen LogP contribution in [0.4, 0.5) is 4.39 Å². The van der Waals surface area contributed by atoms with Gasteiger partial charge in [0.15, 0.2) is 0 Å². The maximum absolute atomic E-state index is 13.3. The number of benzene rings is 2. The van der Waals surface area contributed by atoms with Crippen molar-refractivity contribution in [3.8, 4) is 11.8 Å². The summed E-state index contributed by atoms with van der Waals surface area (Å²) in [5.41, 5.74) is 2.24. The van der Waals surface area contributed by atoms with E-state index in [-0.39, 0.29) is 49.4 Å². The molecule has 2 aliphatic rings. The fourth-order valence-corrected chi connectivity index (χ4v) is 4.99. The minimum absolute atomic E-state index is 0.159. The maximum Gasteiger partial charge on any atom is 0.238 e. The number of sulfonamides is 1. The van der Waals surface area contributed by atoms with Gasteiger partial charge in [0.05, 0.1) is 31.5 Å². The van der Waals surface area contributed by atoms with E-state index in [1.54, 1.807) is 17.0 Å². The number of halogens is 1. The molecule has 0 radical (unpaired) electrons. The van der Waals surface area contributed by atoms with Crippen LogP contribution in [-0.2, 0) is 14.8 Å². The molecule has 2 aromatic rings. The van der Waals surface area contributed by atoms with Gasteiger partial charge < -0.3 is 10.0 Å². The quantitative estimate of drug-likeness (QED) is 0.745. The van der Waals surface area contributed by atoms with Gasteiger partial charge in [-0.15, -0.1) is 0 Å². The van der Waals surface area contributed by atoms with E-state index in [2.05, 4.69) is 11.8 Å². The standard InChI is InChI=1S/C22H21FN2O4S/c1-30(28,29)24-12-19-22(20(14-26)25(19)21(27)13-24)17-9-7-15(8-10-17)5-6-16-3-2-4-18(23)11-16/h2-4,7-11,19-20,22,26H,12-14H2,1H3/t19-,20+,22-/m1/s1. The molecule has 1 N–H and O–H groups in total. The van der Waals surface area contributed by atoms with E-state index < -0.39 is 10.0 Å². The van der Waals surface area contributed by atoms with Crippen LogP contribution in [0.15, 0.2) is 48.5 Å². The average molecular weight is 428 g/mol. The molecule has 0 spiro atoms. The lowest BCUT2D eigenvalue weighted by atomic mass is 9.74. The van der Waals surface area contributed by atoms with Crippen molar-refractivity contribution in [1.29, 1.82) is 0 Å². The third kappa shape index (κ3) is 3.84. The summed E-state index contributed by atoms with van der Waals surface area (Å²) >= 11 is 0. The Hall–Kier alpha value is -2.73. The molecule has 2 heterocycles. The van der Waals surface area contributed by atoms with E-state index in [9.17, 15) is 22.7 Å². The Kier molecular flexibility index (Phi) is 5.36. The zero-order valence-electron chi connectivity index (χ0n) is 16.3. The Morgan fingerprint density at radius 2 is 1.83 bits per heavy atom. The predicted octanol–water partition coefficient (Wildman–Crippen LogP) is 1.16. The second kappa shape index (κ2) is 7.84. The Morgan fingerprint density at radius 1 is 1.13 bits per heavy atom. The summed E-state index contributed by atoms with van der Waals surface area (Å²) < 4.78 is 38.3. The molecule has 3 atom stereocenters. The monoisotopic (exact) mass is 428 g/mol. The molecule has 0 aliphatic carbocycles. The molecule has 2 aromatic carbocycles. The molecule has 30 heavy (non-hydrogen) atoms. The molecule has 1 amide bonds. The second-order valence-electron chi connectivity index (χ2n) is 7.58. The van der Waals surface area contributed by atoms with Gasteiger partial charge in [-0.2, -0.15) is 4.31 Å². The van der Waals surface area contributed by atoms with Crippen LogP contribution in [0.5, 0.6) is 0 Å². The van der Waals surface area contributed by atoms with Gasteiger partial charge in [0.25, 0.3) is 0 Å². The van der Waals surface area contributed by atoms with Crippen molar-refractivity contribution in [2.24, 2.45) is 0 Å². The van der Waals surface area contributed by atoms with Gasteiger partial charge >= 0.3 is 0 Å². The van der Waals surface area contributed by atoms with Crippen LogP contribution >= 0.6 is 0 Å². The lowest BCUT2D eigenvalue weighted by Crippen LogP contribution is -2.73. The van der Waals surface area contributed by atoms with Crippen LogP contribution in [0.25, 0.3) is 0 Å². The van der Waals surface area contributed by atoms with Crippen LogP contribution in [0.2, 0.25) is 0 Å². The molecular formula is C22H21FN2O4S. The van der Waals surface area contributed by atoms with Crippen LogP contribution < -0.4 is 0 Å². The summed E-state index contributed by atoms with van der Waals surface area (Å²) in [4.78, 5) is 14.0. The Balaban J connectivity index is 1.55. The molecule has 8 heteroatoms. The molecule has 0 saturated carbocycles. The van der Waals surface area contributed by atoms with Crippen molar-refractivity contribution in [2.45, 2.75) is 18.0 Å². The lowest BCUT2D eigenvalue weighted by Gasteiger charge is -2.58. The van der Waals surface area contributed by atoms with Gasteiger partial charge in [-0.3, -0.25) is 4.79 Å². The van der Waals surface area contributed by atoms with E-state index in [1.807, 2.05) is 24.3 Å². The molecule has 0 unspecified atom stereocenters. The highest BCUT2D eigenvalue weighted by atomic mass is 32.2. The molecule has 6 nitrogen and oxygen atoms in total. The molecule has 2 saturated heterocycles. The minimum Gasteiger partial charge on any atom is -0.394 e. The molecule has 2 aliphatic heterocycles. The van der Waals surface area contributed by atoms with E-state index in [0.717, 1.165) is 17.4 Å². The number of rotatable bonds is 3. The first-order chi connectivity index (χ1) is 14.3. The number of fused-ring (bicyclic) bond motifs is 1. The maximum atomic E-state index is 13.3. The molecule has 4 rings (SSSR count). The van der Waals surface area contributed by atoms with Crippen molar-refractivity contribution in [3.63, 3.8) is 0 Å². The first-order valence-electron chi connectivity index (χ1n) is 9.52. The van der Waals surface area contributed by atoms with E-state index in [0.29, 0.717) is 5.56 Å². The highest BCUT2D eigenvalue weighted by molar-refractivity contribution is 7.88. The van der Waals surface area contributed by atoms with E-state index >= 15 is 0 Å². The van der Waals surface area contributed by atoms with Crippen molar-refractivity contribution >= 4 is 15.9 Å². The SMILES string of the molecule is CS(=O)(=O)N1CC(=O)N2[C@H](C1)[C@@H](c1ccc(C#Cc3cccc(F)c3)cc1)[C@@H]2CO. The van der Waals surface area contributed by atoms with Crippen LogP contribution in [0, 0.1) is 17.7 Å². The lowest BCUT2D eigenvalue weighted by molar-refractivity contribution is -0.158. The van der Waals surface area contributed by atoms with Gasteiger partial charge in [-0.05, 0) is 35.9 Å². The van der Waals surface area contributed by atoms with Crippen molar-refractivity contribution in [3.05, 3.63) is 71.0 Å². The summed E-state index contributed by atoms with van der Waals surface area (Å²) in [6, 6.07) is 12.8. The van der Waals surface area contributed by atoms with Crippen LogP contribution in [0.1, 0.15) is 22.6 Å². The van der Waals surface area contributed by atoms with Gasteiger partial charge in [0.1, 0.15) is 5.82 Å². The highest BCUT2D eigenvalue weighted by Gasteiger charge is 2.54. The molecular weight excluding hydrogens is 407 g/mol.